The number of benzene rings is 2. The minimum Gasteiger partial charge on any atom is -0.497 e. The van der Waals surface area contributed by atoms with Crippen LogP contribution in [-0.2, 0) is 9.53 Å². The highest BCUT2D eigenvalue weighted by Crippen LogP contribution is 2.31. The van der Waals surface area contributed by atoms with Crippen molar-refractivity contribution in [3.63, 3.8) is 0 Å². The van der Waals surface area contributed by atoms with Gasteiger partial charge in [0.2, 0.25) is 0 Å². The normalized spacial score (nSPS) is 15.5. The Morgan fingerprint density at radius 3 is 2.43 bits per heavy atom. The fraction of sp³-hybridized carbons (Fsp3) is 0.0556. The standard InChI is InChI=1S/C18H12Cl2O3/c1-22-14-5-2-11(3-6-14)8-13-10-17(23-18(13)21)12-4-7-15(19)16(20)9-12/h2-10H,1H3/b13-8-. The summed E-state index contributed by atoms with van der Waals surface area (Å²) in [6.07, 6.45) is 3.44. The van der Waals surface area contributed by atoms with Gasteiger partial charge in [0.1, 0.15) is 11.5 Å². The molecule has 0 bridgehead atoms. The Hall–Kier alpha value is -2.23. The van der Waals surface area contributed by atoms with Crippen molar-refractivity contribution < 1.29 is 14.3 Å². The molecule has 0 aromatic heterocycles. The molecule has 0 aliphatic carbocycles. The van der Waals surface area contributed by atoms with Crippen LogP contribution in [0.1, 0.15) is 11.1 Å². The Kier molecular flexibility index (Phi) is 4.42. The molecule has 0 spiro atoms. The molecule has 3 nitrogen and oxygen atoms in total. The van der Waals surface area contributed by atoms with Gasteiger partial charge in [0.05, 0.1) is 22.7 Å². The van der Waals surface area contributed by atoms with Gasteiger partial charge in [-0.05, 0) is 48.0 Å². The molecule has 0 fully saturated rings. The third-order valence-electron chi connectivity index (χ3n) is 3.37. The van der Waals surface area contributed by atoms with E-state index in [0.717, 1.165) is 11.3 Å². The van der Waals surface area contributed by atoms with Crippen LogP contribution >= 0.6 is 23.2 Å². The quantitative estimate of drug-likeness (QED) is 0.580. The maximum Gasteiger partial charge on any atom is 0.343 e. The van der Waals surface area contributed by atoms with Crippen molar-refractivity contribution in [2.75, 3.05) is 7.11 Å². The number of hydrogen-bond acceptors (Lipinski definition) is 3. The summed E-state index contributed by atoms with van der Waals surface area (Å²) in [5, 5.41) is 0.864. The summed E-state index contributed by atoms with van der Waals surface area (Å²) in [7, 11) is 1.61. The molecule has 0 amide bonds. The minimum absolute atomic E-state index is 0.401. The Labute approximate surface area is 143 Å². The number of carbonyl (C=O) groups excluding carboxylic acids is 1. The van der Waals surface area contributed by atoms with Crippen LogP contribution in [0, 0.1) is 0 Å². The van der Waals surface area contributed by atoms with Crippen molar-refractivity contribution in [2.45, 2.75) is 0 Å². The Morgan fingerprint density at radius 2 is 1.78 bits per heavy atom. The average Bonchev–Trinajstić information content (AvgIpc) is 2.92. The van der Waals surface area contributed by atoms with Gasteiger partial charge in [-0.3, -0.25) is 0 Å². The summed E-state index contributed by atoms with van der Waals surface area (Å²) in [6, 6.07) is 12.5. The molecule has 0 unspecified atom stereocenters. The number of rotatable bonds is 3. The van der Waals surface area contributed by atoms with Crippen LogP contribution in [-0.4, -0.2) is 13.1 Å². The van der Waals surface area contributed by atoms with Crippen molar-refractivity contribution in [2.24, 2.45) is 0 Å². The van der Waals surface area contributed by atoms with Crippen LogP contribution in [0.5, 0.6) is 5.75 Å². The highest BCUT2D eigenvalue weighted by Gasteiger charge is 2.22. The number of cyclic esters (lactones) is 1. The van der Waals surface area contributed by atoms with Gasteiger partial charge in [-0.25, -0.2) is 4.79 Å². The minimum atomic E-state index is -0.401. The molecule has 2 aromatic rings. The fourth-order valence-electron chi connectivity index (χ4n) is 2.16. The van der Waals surface area contributed by atoms with E-state index in [9.17, 15) is 4.79 Å². The topological polar surface area (TPSA) is 35.5 Å². The van der Waals surface area contributed by atoms with Crippen LogP contribution < -0.4 is 4.74 Å². The highest BCUT2D eigenvalue weighted by atomic mass is 35.5. The molecule has 0 N–H and O–H groups in total. The predicted molar refractivity (Wildman–Crippen MR) is 91.5 cm³/mol. The first-order chi connectivity index (χ1) is 11.1. The van der Waals surface area contributed by atoms with Gasteiger partial charge < -0.3 is 9.47 Å². The first kappa shape index (κ1) is 15.7. The SMILES string of the molecule is COc1ccc(/C=C2/C=C(c3ccc(Cl)c(Cl)c3)OC2=O)cc1. The van der Waals surface area contributed by atoms with Gasteiger partial charge in [-0.2, -0.15) is 0 Å². The number of hydrogen-bond donors (Lipinski definition) is 0. The van der Waals surface area contributed by atoms with Crippen molar-refractivity contribution in [3.05, 3.63) is 75.3 Å². The van der Waals surface area contributed by atoms with E-state index in [0.29, 0.717) is 26.9 Å². The van der Waals surface area contributed by atoms with Gasteiger partial charge in [-0.15, -0.1) is 0 Å². The lowest BCUT2D eigenvalue weighted by molar-refractivity contribution is -0.130. The Balaban J connectivity index is 1.90. The molecule has 0 radical (unpaired) electrons. The largest absolute Gasteiger partial charge is 0.497 e. The van der Waals surface area contributed by atoms with Crippen LogP contribution in [0.4, 0.5) is 0 Å². The van der Waals surface area contributed by atoms with Gasteiger partial charge >= 0.3 is 5.97 Å². The molecule has 0 saturated carbocycles. The lowest BCUT2D eigenvalue weighted by atomic mass is 10.1. The number of ether oxygens (including phenoxy) is 2. The summed E-state index contributed by atoms with van der Waals surface area (Å²) in [4.78, 5) is 12.0. The molecule has 116 valence electrons. The first-order valence-corrected chi connectivity index (χ1v) is 7.57. The van der Waals surface area contributed by atoms with E-state index in [1.54, 1.807) is 37.5 Å². The number of halogens is 2. The molecule has 0 saturated heterocycles. The van der Waals surface area contributed by atoms with Crippen molar-refractivity contribution in [3.8, 4) is 5.75 Å². The number of esters is 1. The van der Waals surface area contributed by atoms with Crippen LogP contribution in [0.3, 0.4) is 0 Å². The maximum atomic E-state index is 12.0. The smallest absolute Gasteiger partial charge is 0.343 e. The van der Waals surface area contributed by atoms with Gasteiger partial charge in [-0.1, -0.05) is 35.3 Å². The monoisotopic (exact) mass is 346 g/mol. The second kappa shape index (κ2) is 6.49. The number of methoxy groups -OCH3 is 1. The molecule has 3 rings (SSSR count). The van der Waals surface area contributed by atoms with E-state index < -0.39 is 5.97 Å². The van der Waals surface area contributed by atoms with Crippen molar-refractivity contribution >= 4 is 41.0 Å². The Morgan fingerprint density at radius 1 is 1.04 bits per heavy atom. The summed E-state index contributed by atoms with van der Waals surface area (Å²) in [5.74, 6) is 0.809. The zero-order valence-electron chi connectivity index (χ0n) is 12.2. The van der Waals surface area contributed by atoms with Gasteiger partial charge in [0.15, 0.2) is 0 Å². The lowest BCUT2D eigenvalue weighted by Gasteiger charge is -2.03. The second-order valence-corrected chi connectivity index (χ2v) is 5.71. The molecule has 2 aromatic carbocycles. The molecule has 0 atom stereocenters. The molecule has 5 heteroatoms. The molecule has 23 heavy (non-hydrogen) atoms. The van der Waals surface area contributed by atoms with E-state index >= 15 is 0 Å². The third kappa shape index (κ3) is 3.41. The lowest BCUT2D eigenvalue weighted by Crippen LogP contribution is -1.97. The maximum absolute atomic E-state index is 12.0. The zero-order valence-corrected chi connectivity index (χ0v) is 13.7. The Bertz CT molecular complexity index is 821. The summed E-state index contributed by atoms with van der Waals surface area (Å²) < 4.78 is 10.4. The van der Waals surface area contributed by atoms with E-state index in [4.69, 9.17) is 32.7 Å². The zero-order chi connectivity index (χ0) is 16.4. The molecule has 1 aliphatic heterocycles. The third-order valence-corrected chi connectivity index (χ3v) is 4.11. The molecular weight excluding hydrogens is 335 g/mol. The van der Waals surface area contributed by atoms with Crippen molar-refractivity contribution in [1.29, 1.82) is 0 Å². The predicted octanol–water partition coefficient (Wildman–Crippen LogP) is 4.98. The molecular formula is C18H12Cl2O3. The average molecular weight is 347 g/mol. The molecule has 1 heterocycles. The van der Waals surface area contributed by atoms with Crippen LogP contribution in [0.2, 0.25) is 10.0 Å². The number of carbonyl (C=O) groups is 1. The van der Waals surface area contributed by atoms with Crippen LogP contribution in [0.15, 0.2) is 54.1 Å². The van der Waals surface area contributed by atoms with Crippen LogP contribution in [0.25, 0.3) is 11.8 Å². The van der Waals surface area contributed by atoms with Gasteiger partial charge in [0, 0.05) is 5.56 Å². The highest BCUT2D eigenvalue weighted by molar-refractivity contribution is 6.42. The summed E-state index contributed by atoms with van der Waals surface area (Å²) in [6.45, 7) is 0. The van der Waals surface area contributed by atoms with E-state index in [2.05, 4.69) is 0 Å². The van der Waals surface area contributed by atoms with Crippen molar-refractivity contribution in [1.82, 2.24) is 0 Å². The second-order valence-electron chi connectivity index (χ2n) is 4.90. The van der Waals surface area contributed by atoms with E-state index in [1.807, 2.05) is 24.3 Å². The summed E-state index contributed by atoms with van der Waals surface area (Å²) >= 11 is 11.9. The summed E-state index contributed by atoms with van der Waals surface area (Å²) in [5.41, 5.74) is 2.05. The van der Waals surface area contributed by atoms with Gasteiger partial charge in [0.25, 0.3) is 0 Å². The van der Waals surface area contributed by atoms with E-state index in [-0.39, 0.29) is 0 Å². The first-order valence-electron chi connectivity index (χ1n) is 6.82. The van der Waals surface area contributed by atoms with E-state index in [1.165, 1.54) is 0 Å². The fourth-order valence-corrected chi connectivity index (χ4v) is 2.46. The molecule has 1 aliphatic rings.